The third kappa shape index (κ3) is 3.52. The second kappa shape index (κ2) is 7.94. The molecule has 0 radical (unpaired) electrons. The summed E-state index contributed by atoms with van der Waals surface area (Å²) in [6.45, 7) is 0.842. The molecule has 150 valence electrons. The first kappa shape index (κ1) is 19.0. The lowest BCUT2D eigenvalue weighted by Crippen LogP contribution is -2.53. The number of amides is 2. The number of aliphatic carboxylic acids is 1. The molecule has 1 aliphatic carbocycles. The van der Waals surface area contributed by atoms with Crippen molar-refractivity contribution in [3.8, 4) is 0 Å². The van der Waals surface area contributed by atoms with Gasteiger partial charge in [0, 0.05) is 24.7 Å². The minimum Gasteiger partial charge on any atom is -0.481 e. The minimum absolute atomic E-state index is 0.0652. The van der Waals surface area contributed by atoms with Crippen LogP contribution in [-0.2, 0) is 9.59 Å². The zero-order valence-corrected chi connectivity index (χ0v) is 16.1. The van der Waals surface area contributed by atoms with E-state index in [1.807, 2.05) is 23.1 Å². The van der Waals surface area contributed by atoms with E-state index in [0.29, 0.717) is 37.3 Å². The minimum atomic E-state index is -0.838. The van der Waals surface area contributed by atoms with E-state index in [4.69, 9.17) is 0 Å². The summed E-state index contributed by atoms with van der Waals surface area (Å²) >= 11 is 0. The maximum absolute atomic E-state index is 13.4. The van der Waals surface area contributed by atoms with E-state index >= 15 is 0 Å². The van der Waals surface area contributed by atoms with Crippen LogP contribution in [-0.4, -0.2) is 57.9 Å². The topological polar surface area (TPSA) is 77.9 Å². The molecule has 2 saturated heterocycles. The number of rotatable bonds is 3. The van der Waals surface area contributed by atoms with Gasteiger partial charge in [-0.1, -0.05) is 31.0 Å². The normalized spacial score (nSPS) is 30.0. The molecule has 4 rings (SSSR count). The summed E-state index contributed by atoms with van der Waals surface area (Å²) in [6, 6.07) is 8.85. The lowest BCUT2D eigenvalue weighted by atomic mass is 9.84. The molecule has 1 aromatic rings. The average Bonchev–Trinajstić information content (AvgIpc) is 3.13. The molecule has 3 aliphatic rings. The van der Waals surface area contributed by atoms with Crippen LogP contribution in [0.15, 0.2) is 30.3 Å². The summed E-state index contributed by atoms with van der Waals surface area (Å²) in [7, 11) is 0. The van der Waals surface area contributed by atoms with Crippen LogP contribution in [0.5, 0.6) is 0 Å². The van der Waals surface area contributed by atoms with Gasteiger partial charge in [0.05, 0.1) is 5.92 Å². The van der Waals surface area contributed by atoms with E-state index in [9.17, 15) is 19.5 Å². The lowest BCUT2D eigenvalue weighted by Gasteiger charge is -2.37. The van der Waals surface area contributed by atoms with Crippen molar-refractivity contribution < 1.29 is 19.5 Å². The third-order valence-corrected chi connectivity index (χ3v) is 6.71. The van der Waals surface area contributed by atoms with E-state index in [1.165, 1.54) is 0 Å². The highest BCUT2D eigenvalue weighted by Gasteiger charge is 2.49. The van der Waals surface area contributed by atoms with Gasteiger partial charge in [-0.05, 0) is 50.2 Å². The lowest BCUT2D eigenvalue weighted by molar-refractivity contribution is -0.146. The SMILES string of the molecule is O=C(O)[C@H]1CCCN(C(=O)C2CC3CCCCC3N2C(=O)c2ccccc2)C1. The molecule has 0 aromatic heterocycles. The number of carboxylic acid groups (broad SMARTS) is 1. The summed E-state index contributed by atoms with van der Waals surface area (Å²) in [5.74, 6) is -1.10. The molecule has 3 fully saturated rings. The molecule has 0 spiro atoms. The molecule has 6 nitrogen and oxygen atoms in total. The van der Waals surface area contributed by atoms with E-state index in [0.717, 1.165) is 25.7 Å². The average molecular weight is 384 g/mol. The van der Waals surface area contributed by atoms with Crippen LogP contribution in [0.2, 0.25) is 0 Å². The Morgan fingerprint density at radius 2 is 1.71 bits per heavy atom. The highest BCUT2D eigenvalue weighted by molar-refractivity contribution is 5.98. The summed E-state index contributed by atoms with van der Waals surface area (Å²) in [5.41, 5.74) is 0.619. The molecule has 2 amide bonds. The number of carbonyl (C=O) groups is 3. The smallest absolute Gasteiger partial charge is 0.308 e. The van der Waals surface area contributed by atoms with Crippen molar-refractivity contribution in [3.05, 3.63) is 35.9 Å². The maximum atomic E-state index is 13.4. The van der Waals surface area contributed by atoms with Crippen molar-refractivity contribution in [1.82, 2.24) is 9.80 Å². The van der Waals surface area contributed by atoms with Gasteiger partial charge < -0.3 is 14.9 Å². The van der Waals surface area contributed by atoms with E-state index in [2.05, 4.69) is 0 Å². The fraction of sp³-hybridized carbons (Fsp3) is 0.591. The monoisotopic (exact) mass is 384 g/mol. The molecular weight excluding hydrogens is 356 g/mol. The summed E-state index contributed by atoms with van der Waals surface area (Å²) in [6.07, 6.45) is 6.27. The predicted molar refractivity (Wildman–Crippen MR) is 104 cm³/mol. The Kier molecular flexibility index (Phi) is 5.38. The van der Waals surface area contributed by atoms with Crippen LogP contribution in [0.25, 0.3) is 0 Å². The molecule has 6 heteroatoms. The second-order valence-electron chi connectivity index (χ2n) is 8.40. The quantitative estimate of drug-likeness (QED) is 0.869. The number of piperidine rings is 1. The zero-order valence-electron chi connectivity index (χ0n) is 16.1. The Morgan fingerprint density at radius 1 is 0.964 bits per heavy atom. The Bertz CT molecular complexity index is 750. The third-order valence-electron chi connectivity index (χ3n) is 6.71. The first-order valence-electron chi connectivity index (χ1n) is 10.5. The maximum Gasteiger partial charge on any atom is 0.308 e. The Labute approximate surface area is 165 Å². The van der Waals surface area contributed by atoms with Gasteiger partial charge in [0.2, 0.25) is 5.91 Å². The summed E-state index contributed by atoms with van der Waals surface area (Å²) in [5, 5.41) is 9.36. The first-order chi connectivity index (χ1) is 13.6. The number of fused-ring (bicyclic) bond motifs is 1. The molecule has 28 heavy (non-hydrogen) atoms. The molecule has 1 N–H and O–H groups in total. The number of hydrogen-bond acceptors (Lipinski definition) is 3. The molecule has 0 bridgehead atoms. The van der Waals surface area contributed by atoms with Crippen molar-refractivity contribution in [2.24, 2.45) is 11.8 Å². The number of nitrogens with zero attached hydrogens (tertiary/aromatic N) is 2. The van der Waals surface area contributed by atoms with Gasteiger partial charge in [-0.15, -0.1) is 0 Å². The fourth-order valence-electron chi connectivity index (χ4n) is 5.29. The highest BCUT2D eigenvalue weighted by Crippen LogP contribution is 2.41. The molecular formula is C22H28N2O4. The summed E-state index contributed by atoms with van der Waals surface area (Å²) < 4.78 is 0. The van der Waals surface area contributed by atoms with Crippen molar-refractivity contribution in [2.75, 3.05) is 13.1 Å². The molecule has 1 saturated carbocycles. The van der Waals surface area contributed by atoms with Crippen LogP contribution in [0.4, 0.5) is 0 Å². The zero-order chi connectivity index (χ0) is 19.7. The van der Waals surface area contributed by atoms with Gasteiger partial charge in [0.1, 0.15) is 6.04 Å². The van der Waals surface area contributed by atoms with Crippen LogP contribution in [0, 0.1) is 11.8 Å². The van der Waals surface area contributed by atoms with Gasteiger partial charge in [-0.25, -0.2) is 0 Å². The molecule has 3 unspecified atom stereocenters. The highest BCUT2D eigenvalue weighted by atomic mass is 16.4. The molecule has 2 aliphatic heterocycles. The summed E-state index contributed by atoms with van der Waals surface area (Å²) in [4.78, 5) is 41.7. The van der Waals surface area contributed by atoms with Crippen LogP contribution < -0.4 is 0 Å². The molecule has 4 atom stereocenters. The van der Waals surface area contributed by atoms with E-state index < -0.39 is 17.9 Å². The fourth-order valence-corrected chi connectivity index (χ4v) is 5.29. The number of carboxylic acids is 1. The predicted octanol–water partition coefficient (Wildman–Crippen LogP) is 2.78. The van der Waals surface area contributed by atoms with Gasteiger partial charge >= 0.3 is 5.97 Å². The van der Waals surface area contributed by atoms with E-state index in [1.54, 1.807) is 17.0 Å². The van der Waals surface area contributed by atoms with Gasteiger partial charge in [-0.3, -0.25) is 14.4 Å². The van der Waals surface area contributed by atoms with Crippen molar-refractivity contribution in [3.63, 3.8) is 0 Å². The Hall–Kier alpha value is -2.37. The van der Waals surface area contributed by atoms with Gasteiger partial charge in [-0.2, -0.15) is 0 Å². The van der Waals surface area contributed by atoms with Crippen LogP contribution in [0.1, 0.15) is 55.3 Å². The Morgan fingerprint density at radius 3 is 2.46 bits per heavy atom. The molecule has 1 aromatic carbocycles. The Balaban J connectivity index is 1.59. The molecule has 2 heterocycles. The van der Waals surface area contributed by atoms with Crippen LogP contribution >= 0.6 is 0 Å². The van der Waals surface area contributed by atoms with E-state index in [-0.39, 0.29) is 24.4 Å². The standard InChI is InChI=1S/C22H28N2O4/c25-20(15-7-2-1-3-8-15)24-18-11-5-4-9-16(18)13-19(24)21(26)23-12-6-10-17(14-23)22(27)28/h1-3,7-8,16-19H,4-6,9-14H2,(H,27,28)/t16?,17-,18?,19?/m0/s1. The number of likely N-dealkylation sites (tertiary alicyclic amines) is 2. The second-order valence-corrected chi connectivity index (χ2v) is 8.40. The van der Waals surface area contributed by atoms with Crippen molar-refractivity contribution in [1.29, 1.82) is 0 Å². The van der Waals surface area contributed by atoms with Crippen molar-refractivity contribution >= 4 is 17.8 Å². The van der Waals surface area contributed by atoms with Crippen LogP contribution in [0.3, 0.4) is 0 Å². The van der Waals surface area contributed by atoms with Gasteiger partial charge in [0.15, 0.2) is 0 Å². The number of benzene rings is 1. The number of carbonyl (C=O) groups excluding carboxylic acids is 2. The van der Waals surface area contributed by atoms with Gasteiger partial charge in [0.25, 0.3) is 5.91 Å². The van der Waals surface area contributed by atoms with Crippen molar-refractivity contribution in [2.45, 2.75) is 57.0 Å². The largest absolute Gasteiger partial charge is 0.481 e. The number of hydrogen-bond donors (Lipinski definition) is 1. The first-order valence-corrected chi connectivity index (χ1v) is 10.5.